The first-order valence-corrected chi connectivity index (χ1v) is 6.81. The Bertz CT molecular complexity index is 371. The first kappa shape index (κ1) is 16.5. The van der Waals surface area contributed by atoms with Crippen LogP contribution in [0.25, 0.3) is 0 Å². The van der Waals surface area contributed by atoms with E-state index in [-0.39, 0.29) is 0 Å². The molecule has 0 aromatic rings. The minimum atomic E-state index is -4.76. The summed E-state index contributed by atoms with van der Waals surface area (Å²) >= 11 is 0. The van der Waals surface area contributed by atoms with Gasteiger partial charge < -0.3 is 35.2 Å². The second-order valence-electron chi connectivity index (χ2n) is 4.06. The number of phosphoric acid groups is 1. The van der Waals surface area contributed by atoms with Crippen LogP contribution in [0.3, 0.4) is 0 Å². The van der Waals surface area contributed by atoms with Crippen molar-refractivity contribution in [3.05, 3.63) is 0 Å². The van der Waals surface area contributed by atoms with E-state index < -0.39 is 51.0 Å². The van der Waals surface area contributed by atoms with Gasteiger partial charge in [0.1, 0.15) is 24.4 Å². The predicted octanol–water partition coefficient (Wildman–Crippen LogP) is -2.96. The third-order valence-corrected chi connectivity index (χ3v) is 2.98. The summed E-state index contributed by atoms with van der Waals surface area (Å²) in [5.74, 6) is -0.552. The van der Waals surface area contributed by atoms with Crippen molar-refractivity contribution in [3.63, 3.8) is 0 Å². The van der Waals surface area contributed by atoms with Gasteiger partial charge >= 0.3 is 7.82 Å². The van der Waals surface area contributed by atoms with Gasteiger partial charge in [-0.1, -0.05) is 0 Å². The maximum Gasteiger partial charge on any atom is 0.469 e. The van der Waals surface area contributed by atoms with Crippen LogP contribution in [-0.4, -0.2) is 68.3 Å². The first-order valence-electron chi connectivity index (χ1n) is 5.28. The Morgan fingerprint density at radius 2 is 1.89 bits per heavy atom. The number of hydrogen-bond acceptors (Lipinski definition) is 7. The van der Waals surface area contributed by atoms with Crippen LogP contribution in [0.2, 0.25) is 0 Å². The van der Waals surface area contributed by atoms with E-state index in [1.807, 2.05) is 0 Å². The van der Waals surface area contributed by atoms with Crippen LogP contribution in [0.5, 0.6) is 0 Å². The molecule has 0 aromatic heterocycles. The molecular formula is C8H16NO9P. The summed E-state index contributed by atoms with van der Waals surface area (Å²) < 4.78 is 19.5. The molecule has 0 bridgehead atoms. The fraction of sp³-hybridized carbons (Fsp3) is 0.875. The molecule has 1 amide bonds. The number of aliphatic hydroxyl groups excluding tert-OH is 3. The number of hydrogen-bond donors (Lipinski definition) is 6. The minimum absolute atomic E-state index is 0.552. The average molecular weight is 303 g/mol. The molecule has 1 saturated heterocycles. The molecule has 1 aliphatic rings. The lowest BCUT2D eigenvalue weighted by Crippen LogP contribution is -2.64. The molecule has 1 rings (SSSR count). The van der Waals surface area contributed by atoms with Crippen LogP contribution < -0.4 is 5.32 Å². The van der Waals surface area contributed by atoms with E-state index in [0.29, 0.717) is 0 Å². The number of carbonyl (C=O) groups excluding carboxylic acids is 1. The van der Waals surface area contributed by atoms with E-state index in [0.717, 1.165) is 6.92 Å². The standard InChI is InChI=1S/C8H16NO9P/c1-3(10)9-5-7(12)6(11)4(18-8(5)13)2-17-19(14,15)16/h4-8,11-13H,2H2,1H3,(H,9,10)(H2,14,15,16)/t4-,5-,6-,7-,8?/m1/s1/i1+1,3+1. The highest BCUT2D eigenvalue weighted by molar-refractivity contribution is 7.46. The number of phosphoric ester groups is 1. The molecule has 0 radical (unpaired) electrons. The van der Waals surface area contributed by atoms with Crippen molar-refractivity contribution >= 4 is 13.7 Å². The molecule has 10 nitrogen and oxygen atoms in total. The zero-order valence-corrected chi connectivity index (χ0v) is 10.8. The van der Waals surface area contributed by atoms with Gasteiger partial charge in [-0.2, -0.15) is 0 Å². The lowest BCUT2D eigenvalue weighted by atomic mass is 9.97. The van der Waals surface area contributed by atoms with E-state index in [1.165, 1.54) is 0 Å². The lowest BCUT2D eigenvalue weighted by molar-refractivity contribution is -0.252. The maximum atomic E-state index is 10.9. The molecule has 0 saturated carbocycles. The fourth-order valence-corrected chi connectivity index (χ4v) is 1.99. The normalized spacial score (nSPS) is 36.0. The number of nitrogens with one attached hydrogen (secondary N) is 1. The van der Waals surface area contributed by atoms with Gasteiger partial charge in [0.2, 0.25) is 5.91 Å². The van der Waals surface area contributed by atoms with Gasteiger partial charge in [-0.15, -0.1) is 0 Å². The second-order valence-corrected chi connectivity index (χ2v) is 5.30. The SMILES string of the molecule is [13CH3][13C](=O)N[C@H]1C(O)O[C@H](COP(=O)(O)O)[C@@H](O)[C@@H]1O. The van der Waals surface area contributed by atoms with Gasteiger partial charge in [0, 0.05) is 6.92 Å². The zero-order chi connectivity index (χ0) is 14.8. The van der Waals surface area contributed by atoms with Gasteiger partial charge in [0.15, 0.2) is 6.29 Å². The van der Waals surface area contributed by atoms with Crippen LogP contribution in [0.4, 0.5) is 0 Å². The van der Waals surface area contributed by atoms with Crippen LogP contribution in [-0.2, 0) is 18.6 Å². The van der Waals surface area contributed by atoms with Gasteiger partial charge in [-0.05, 0) is 0 Å². The summed E-state index contributed by atoms with van der Waals surface area (Å²) in [6, 6.07) is -1.25. The molecule has 6 N–H and O–H groups in total. The van der Waals surface area contributed by atoms with Gasteiger partial charge in [-0.25, -0.2) is 4.57 Å². The van der Waals surface area contributed by atoms with E-state index in [1.54, 1.807) is 0 Å². The second kappa shape index (κ2) is 6.25. The predicted molar refractivity (Wildman–Crippen MR) is 58.5 cm³/mol. The highest BCUT2D eigenvalue weighted by atomic mass is 31.2. The first-order chi connectivity index (χ1) is 8.61. The Hall–Kier alpha value is -0.580. The van der Waals surface area contributed by atoms with Crippen LogP contribution in [0.15, 0.2) is 0 Å². The molecule has 1 heterocycles. The highest BCUT2D eigenvalue weighted by Crippen LogP contribution is 2.36. The summed E-state index contributed by atoms with van der Waals surface area (Å²) in [6.45, 7) is 0.418. The minimum Gasteiger partial charge on any atom is -0.388 e. The molecule has 112 valence electrons. The lowest BCUT2D eigenvalue weighted by Gasteiger charge is -2.40. The van der Waals surface area contributed by atoms with Crippen molar-refractivity contribution < 1.29 is 43.7 Å². The third kappa shape index (κ3) is 4.79. The molecule has 1 aliphatic heterocycles. The van der Waals surface area contributed by atoms with Gasteiger partial charge in [-0.3, -0.25) is 9.32 Å². The van der Waals surface area contributed by atoms with Crippen LogP contribution >= 0.6 is 7.82 Å². The van der Waals surface area contributed by atoms with E-state index in [4.69, 9.17) is 14.5 Å². The van der Waals surface area contributed by atoms with Crippen molar-refractivity contribution in [2.45, 2.75) is 37.6 Å². The number of ether oxygens (including phenoxy) is 1. The van der Waals surface area contributed by atoms with E-state index in [9.17, 15) is 24.7 Å². The Balaban J connectivity index is 2.66. The van der Waals surface area contributed by atoms with E-state index >= 15 is 0 Å². The Morgan fingerprint density at radius 3 is 2.37 bits per heavy atom. The molecule has 0 aliphatic carbocycles. The molecule has 1 unspecified atom stereocenters. The maximum absolute atomic E-state index is 10.9. The summed E-state index contributed by atoms with van der Waals surface area (Å²) in [7, 11) is -4.76. The van der Waals surface area contributed by atoms with Crippen molar-refractivity contribution in [2.75, 3.05) is 6.61 Å². The molecule has 5 atom stereocenters. The zero-order valence-electron chi connectivity index (χ0n) is 9.91. The molecule has 11 heteroatoms. The summed E-state index contributed by atoms with van der Waals surface area (Å²) in [6.07, 6.45) is -6.15. The van der Waals surface area contributed by atoms with E-state index in [2.05, 4.69) is 9.84 Å². The van der Waals surface area contributed by atoms with Crippen molar-refractivity contribution in [3.8, 4) is 0 Å². The fourth-order valence-electron chi connectivity index (χ4n) is 1.65. The monoisotopic (exact) mass is 303 g/mol. The summed E-state index contributed by atoms with van der Waals surface area (Å²) in [4.78, 5) is 27.9. The smallest absolute Gasteiger partial charge is 0.388 e. The molecule has 1 fully saturated rings. The van der Waals surface area contributed by atoms with Crippen molar-refractivity contribution in [1.82, 2.24) is 5.32 Å². The third-order valence-electron chi connectivity index (χ3n) is 2.50. The number of aliphatic hydroxyl groups is 3. The topological polar surface area (TPSA) is 166 Å². The van der Waals surface area contributed by atoms with Crippen LogP contribution in [0, 0.1) is 0 Å². The molecule has 0 spiro atoms. The summed E-state index contributed by atoms with van der Waals surface area (Å²) in [5.41, 5.74) is 0. The Labute approximate surface area is 108 Å². The Morgan fingerprint density at radius 1 is 1.32 bits per heavy atom. The molecule has 19 heavy (non-hydrogen) atoms. The average Bonchev–Trinajstić information content (AvgIpc) is 2.26. The number of amides is 1. The largest absolute Gasteiger partial charge is 0.469 e. The van der Waals surface area contributed by atoms with Gasteiger partial charge in [0.25, 0.3) is 0 Å². The molecular weight excluding hydrogens is 287 g/mol. The Kier molecular flexibility index (Phi) is 5.42. The van der Waals surface area contributed by atoms with Gasteiger partial charge in [0.05, 0.1) is 6.61 Å². The number of carbonyl (C=O) groups is 1. The highest BCUT2D eigenvalue weighted by Gasteiger charge is 2.44. The molecule has 0 aromatic carbocycles. The quantitative estimate of drug-likeness (QED) is 0.235. The van der Waals surface area contributed by atoms with Crippen molar-refractivity contribution in [1.29, 1.82) is 0 Å². The number of rotatable bonds is 4. The van der Waals surface area contributed by atoms with Crippen LogP contribution in [0.1, 0.15) is 6.92 Å². The van der Waals surface area contributed by atoms with Crippen molar-refractivity contribution in [2.24, 2.45) is 0 Å². The summed E-state index contributed by atoms with van der Waals surface area (Å²) in [5, 5.41) is 31.1.